The lowest BCUT2D eigenvalue weighted by Gasteiger charge is -2.39. The molecule has 0 spiro atoms. The Bertz CT molecular complexity index is 1190. The molecular weight excluding hydrogens is 480 g/mol. The highest BCUT2D eigenvalue weighted by molar-refractivity contribution is 5.85. The first kappa shape index (κ1) is 25.4. The molecule has 3 heterocycles. The molecule has 4 aromatic rings. The molecule has 0 saturated carbocycles. The van der Waals surface area contributed by atoms with Gasteiger partial charge in [0.1, 0.15) is 6.33 Å². The largest absolute Gasteiger partial charge is 0.476 e. The summed E-state index contributed by atoms with van der Waals surface area (Å²) in [6.45, 7) is 3.51. The molecule has 1 saturated heterocycles. The van der Waals surface area contributed by atoms with Gasteiger partial charge in [0, 0.05) is 38.7 Å². The molecular formula is C26H29ClN6O3. The average Bonchev–Trinajstić information content (AvgIpc) is 3.38. The smallest absolute Gasteiger partial charge is 0.409 e. The van der Waals surface area contributed by atoms with E-state index in [1.54, 1.807) is 17.0 Å². The molecule has 9 nitrogen and oxygen atoms in total. The molecule has 0 unspecified atom stereocenters. The van der Waals surface area contributed by atoms with Crippen LogP contribution < -0.4 is 4.74 Å². The first-order chi connectivity index (χ1) is 17.3. The van der Waals surface area contributed by atoms with Crippen molar-refractivity contribution in [2.45, 2.75) is 12.5 Å². The number of aromatic nitrogens is 4. The summed E-state index contributed by atoms with van der Waals surface area (Å²) in [6.07, 6.45) is 1.74. The maximum absolute atomic E-state index is 12.6. The van der Waals surface area contributed by atoms with Crippen LogP contribution in [0.4, 0.5) is 4.79 Å². The minimum absolute atomic E-state index is 0. The Morgan fingerprint density at radius 1 is 0.861 bits per heavy atom. The molecule has 1 fully saturated rings. The number of carbonyl (C=O) groups excluding carboxylic acids is 1. The number of piperazine rings is 1. The summed E-state index contributed by atoms with van der Waals surface area (Å²) in [5, 5.41) is 8.19. The predicted octanol–water partition coefficient (Wildman–Crippen LogP) is 3.86. The molecule has 2 aromatic carbocycles. The van der Waals surface area contributed by atoms with Gasteiger partial charge in [0.25, 0.3) is 0 Å². The van der Waals surface area contributed by atoms with Crippen molar-refractivity contribution >= 4 is 24.1 Å². The third-order valence-electron chi connectivity index (χ3n) is 6.06. The van der Waals surface area contributed by atoms with Crippen LogP contribution in [0, 0.1) is 0 Å². The van der Waals surface area contributed by atoms with Crippen molar-refractivity contribution in [1.82, 2.24) is 29.6 Å². The molecule has 1 amide bonds. The molecule has 1 aliphatic heterocycles. The van der Waals surface area contributed by atoms with E-state index in [-0.39, 0.29) is 24.5 Å². The van der Waals surface area contributed by atoms with Gasteiger partial charge in [-0.15, -0.1) is 27.2 Å². The summed E-state index contributed by atoms with van der Waals surface area (Å²) >= 11 is 0. The van der Waals surface area contributed by atoms with E-state index in [2.05, 4.69) is 68.6 Å². The second-order valence-electron chi connectivity index (χ2n) is 8.34. The van der Waals surface area contributed by atoms with Crippen molar-refractivity contribution in [3.63, 3.8) is 0 Å². The van der Waals surface area contributed by atoms with E-state index in [0.717, 1.165) is 13.1 Å². The van der Waals surface area contributed by atoms with Gasteiger partial charge in [0.2, 0.25) is 5.88 Å². The third-order valence-corrected chi connectivity index (χ3v) is 6.06. The number of hydrogen-bond donors (Lipinski definition) is 0. The first-order valence-electron chi connectivity index (χ1n) is 11.8. The van der Waals surface area contributed by atoms with Gasteiger partial charge in [-0.2, -0.15) is 0 Å². The van der Waals surface area contributed by atoms with Crippen molar-refractivity contribution in [3.8, 4) is 5.88 Å². The molecule has 0 atom stereocenters. The molecule has 2 aromatic heterocycles. The monoisotopic (exact) mass is 508 g/mol. The Labute approximate surface area is 216 Å². The highest BCUT2D eigenvalue weighted by atomic mass is 35.5. The minimum Gasteiger partial charge on any atom is -0.476 e. The molecule has 5 rings (SSSR count). The van der Waals surface area contributed by atoms with Crippen LogP contribution in [-0.2, 0) is 4.74 Å². The van der Waals surface area contributed by atoms with Gasteiger partial charge in [-0.05, 0) is 17.2 Å². The van der Waals surface area contributed by atoms with E-state index >= 15 is 0 Å². The number of rotatable bonds is 8. The van der Waals surface area contributed by atoms with Crippen molar-refractivity contribution < 1.29 is 14.3 Å². The summed E-state index contributed by atoms with van der Waals surface area (Å²) < 4.78 is 12.5. The normalized spacial score (nSPS) is 14.0. The minimum atomic E-state index is -0.275. The summed E-state index contributed by atoms with van der Waals surface area (Å²) in [7, 11) is 0. The number of halogens is 1. The zero-order chi connectivity index (χ0) is 23.9. The lowest BCUT2D eigenvalue weighted by Crippen LogP contribution is -2.50. The van der Waals surface area contributed by atoms with Gasteiger partial charge < -0.3 is 14.4 Å². The SMILES string of the molecule is Cl.O=C(OCCCOc1ccc2ncnn2n1)N1CCN(C(c2ccccc2)c2ccccc2)CC1. The second kappa shape index (κ2) is 12.3. The number of hydrogen-bond acceptors (Lipinski definition) is 7. The number of carbonyl (C=O) groups is 1. The molecule has 0 aliphatic carbocycles. The lowest BCUT2D eigenvalue weighted by atomic mass is 9.96. The predicted molar refractivity (Wildman–Crippen MR) is 137 cm³/mol. The Hall–Kier alpha value is -3.69. The molecule has 36 heavy (non-hydrogen) atoms. The van der Waals surface area contributed by atoms with Crippen molar-refractivity contribution in [2.75, 3.05) is 39.4 Å². The van der Waals surface area contributed by atoms with Crippen molar-refractivity contribution in [1.29, 1.82) is 0 Å². The van der Waals surface area contributed by atoms with Crippen LogP contribution in [0.3, 0.4) is 0 Å². The molecule has 0 N–H and O–H groups in total. The summed E-state index contributed by atoms with van der Waals surface area (Å²) in [4.78, 5) is 20.8. The van der Waals surface area contributed by atoms with Gasteiger partial charge in [-0.1, -0.05) is 60.7 Å². The van der Waals surface area contributed by atoms with Crippen LogP contribution >= 0.6 is 12.4 Å². The zero-order valence-corrected chi connectivity index (χ0v) is 20.7. The van der Waals surface area contributed by atoms with Gasteiger partial charge in [0.05, 0.1) is 19.3 Å². The Morgan fingerprint density at radius 2 is 1.53 bits per heavy atom. The van der Waals surface area contributed by atoms with Crippen molar-refractivity contribution in [3.05, 3.63) is 90.3 Å². The third kappa shape index (κ3) is 6.10. The first-order valence-corrected chi connectivity index (χ1v) is 11.8. The Kier molecular flexibility index (Phi) is 8.70. The van der Waals surface area contributed by atoms with E-state index in [9.17, 15) is 4.79 Å². The molecule has 10 heteroatoms. The van der Waals surface area contributed by atoms with E-state index in [1.165, 1.54) is 22.1 Å². The molecule has 1 aliphatic rings. The number of ether oxygens (including phenoxy) is 2. The zero-order valence-electron chi connectivity index (χ0n) is 19.8. The van der Waals surface area contributed by atoms with Crippen LogP contribution in [0.25, 0.3) is 5.65 Å². The maximum Gasteiger partial charge on any atom is 0.409 e. The Morgan fingerprint density at radius 3 is 2.19 bits per heavy atom. The number of nitrogens with zero attached hydrogens (tertiary/aromatic N) is 6. The van der Waals surface area contributed by atoms with E-state index < -0.39 is 0 Å². The van der Waals surface area contributed by atoms with Crippen LogP contribution in [0.15, 0.2) is 79.1 Å². The van der Waals surface area contributed by atoms with Gasteiger partial charge in [-0.25, -0.2) is 9.78 Å². The molecule has 0 bridgehead atoms. The van der Waals surface area contributed by atoms with Crippen LogP contribution in [0.2, 0.25) is 0 Å². The van der Waals surface area contributed by atoms with Gasteiger partial charge in [0.15, 0.2) is 5.65 Å². The van der Waals surface area contributed by atoms with Gasteiger partial charge >= 0.3 is 6.09 Å². The van der Waals surface area contributed by atoms with Crippen molar-refractivity contribution in [2.24, 2.45) is 0 Å². The summed E-state index contributed by atoms with van der Waals surface area (Å²) in [5.41, 5.74) is 3.17. The topological polar surface area (TPSA) is 85.1 Å². The summed E-state index contributed by atoms with van der Waals surface area (Å²) in [6, 6.07) is 24.7. The number of fused-ring (bicyclic) bond motifs is 1. The van der Waals surface area contributed by atoms with Gasteiger partial charge in [-0.3, -0.25) is 4.90 Å². The standard InChI is InChI=1S/C26H28N6O3.ClH/c33-26(35-19-7-18-34-24-13-12-23-27-20-28-32(23)29-24)31-16-14-30(15-17-31)25(21-8-3-1-4-9-21)22-10-5-2-6-11-22;/h1-6,8-13,20,25H,7,14-19H2;1H. The number of benzene rings is 2. The fraction of sp³-hybridized carbons (Fsp3) is 0.308. The highest BCUT2D eigenvalue weighted by Gasteiger charge is 2.28. The van der Waals surface area contributed by atoms with Crippen LogP contribution in [0.1, 0.15) is 23.6 Å². The van der Waals surface area contributed by atoms with E-state index in [0.29, 0.717) is 44.3 Å². The maximum atomic E-state index is 12.6. The highest BCUT2D eigenvalue weighted by Crippen LogP contribution is 2.29. The fourth-order valence-corrected chi connectivity index (χ4v) is 4.31. The van der Waals surface area contributed by atoms with Crippen LogP contribution in [0.5, 0.6) is 5.88 Å². The number of amides is 1. The van der Waals surface area contributed by atoms with E-state index in [1.807, 2.05) is 12.1 Å². The van der Waals surface area contributed by atoms with Crippen LogP contribution in [-0.4, -0.2) is 75.1 Å². The quantitative estimate of drug-likeness (QED) is 0.334. The lowest BCUT2D eigenvalue weighted by molar-refractivity contribution is 0.0657. The Balaban J connectivity index is 0.00000304. The molecule has 188 valence electrons. The summed E-state index contributed by atoms with van der Waals surface area (Å²) in [5.74, 6) is 0.455. The van der Waals surface area contributed by atoms with E-state index in [4.69, 9.17) is 9.47 Å². The second-order valence-corrected chi connectivity index (χ2v) is 8.34. The average molecular weight is 509 g/mol. The fourth-order valence-electron chi connectivity index (χ4n) is 4.31. The molecule has 0 radical (unpaired) electrons.